The van der Waals surface area contributed by atoms with Crippen molar-refractivity contribution in [3.05, 3.63) is 34.9 Å². The number of carboxylic acids is 1. The molecular formula is C13H12BrNO2S. The predicted molar refractivity (Wildman–Crippen MR) is 77.0 cm³/mol. The van der Waals surface area contributed by atoms with Crippen molar-refractivity contribution in [3.8, 4) is 0 Å². The van der Waals surface area contributed by atoms with E-state index in [-0.39, 0.29) is 0 Å². The first-order valence-corrected chi connectivity index (χ1v) is 6.98. The van der Waals surface area contributed by atoms with Gasteiger partial charge in [0.2, 0.25) is 0 Å². The van der Waals surface area contributed by atoms with Gasteiger partial charge in [-0.2, -0.15) is 0 Å². The van der Waals surface area contributed by atoms with Crippen LogP contribution >= 0.6 is 27.7 Å². The first-order valence-electron chi connectivity index (χ1n) is 5.37. The van der Waals surface area contributed by atoms with Gasteiger partial charge in [0.1, 0.15) is 4.75 Å². The number of carbonyl (C=O) groups is 1. The highest BCUT2D eigenvalue weighted by molar-refractivity contribution is 9.10. The molecule has 3 nitrogen and oxygen atoms in total. The van der Waals surface area contributed by atoms with E-state index in [1.807, 2.05) is 24.3 Å². The van der Waals surface area contributed by atoms with E-state index in [4.69, 9.17) is 0 Å². The summed E-state index contributed by atoms with van der Waals surface area (Å²) in [5.41, 5.74) is 0.865. The quantitative estimate of drug-likeness (QED) is 0.868. The molecule has 0 radical (unpaired) electrons. The SMILES string of the molecule is CC(C)(Sc1ccnc2ccc(Br)cc12)C(=O)O. The van der Waals surface area contributed by atoms with E-state index < -0.39 is 10.7 Å². The van der Waals surface area contributed by atoms with Gasteiger partial charge in [-0.3, -0.25) is 9.78 Å². The lowest BCUT2D eigenvalue weighted by molar-refractivity contribution is -0.138. The number of carboxylic acid groups (broad SMARTS) is 1. The summed E-state index contributed by atoms with van der Waals surface area (Å²) in [5.74, 6) is -0.826. The number of halogens is 1. The molecule has 5 heteroatoms. The molecule has 0 saturated heterocycles. The van der Waals surface area contributed by atoms with Gasteiger partial charge in [0.05, 0.1) is 5.52 Å². The largest absolute Gasteiger partial charge is 0.480 e. The van der Waals surface area contributed by atoms with E-state index in [0.29, 0.717) is 0 Å². The molecule has 1 aromatic carbocycles. The summed E-state index contributed by atoms with van der Waals surface area (Å²) in [7, 11) is 0. The fourth-order valence-electron chi connectivity index (χ4n) is 1.50. The van der Waals surface area contributed by atoms with Crippen molar-refractivity contribution in [2.45, 2.75) is 23.5 Å². The number of hydrogen-bond acceptors (Lipinski definition) is 3. The number of pyridine rings is 1. The smallest absolute Gasteiger partial charge is 0.319 e. The van der Waals surface area contributed by atoms with Crippen LogP contribution in [0.15, 0.2) is 39.8 Å². The van der Waals surface area contributed by atoms with Gasteiger partial charge in [-0.1, -0.05) is 15.9 Å². The Morgan fingerprint density at radius 2 is 2.11 bits per heavy atom. The summed E-state index contributed by atoms with van der Waals surface area (Å²) in [6.07, 6.45) is 1.70. The zero-order chi connectivity index (χ0) is 13.3. The van der Waals surface area contributed by atoms with Crippen LogP contribution in [0.3, 0.4) is 0 Å². The van der Waals surface area contributed by atoms with Gasteiger partial charge in [-0.05, 0) is 38.1 Å². The van der Waals surface area contributed by atoms with Crippen LogP contribution < -0.4 is 0 Å². The van der Waals surface area contributed by atoms with Crippen molar-refractivity contribution in [1.29, 1.82) is 0 Å². The van der Waals surface area contributed by atoms with Crippen molar-refractivity contribution in [1.82, 2.24) is 4.98 Å². The first-order chi connectivity index (χ1) is 8.40. The second-order valence-corrected chi connectivity index (χ2v) is 6.97. The normalized spacial score (nSPS) is 11.7. The van der Waals surface area contributed by atoms with Crippen molar-refractivity contribution < 1.29 is 9.90 Å². The minimum Gasteiger partial charge on any atom is -0.480 e. The van der Waals surface area contributed by atoms with E-state index in [1.54, 1.807) is 20.0 Å². The maximum Gasteiger partial charge on any atom is 0.319 e. The summed E-state index contributed by atoms with van der Waals surface area (Å²) in [4.78, 5) is 16.4. The molecular weight excluding hydrogens is 314 g/mol. The number of benzene rings is 1. The van der Waals surface area contributed by atoms with E-state index in [0.717, 1.165) is 20.3 Å². The van der Waals surface area contributed by atoms with Gasteiger partial charge in [0.15, 0.2) is 0 Å². The first kappa shape index (κ1) is 13.4. The number of thioether (sulfide) groups is 1. The second-order valence-electron chi connectivity index (χ2n) is 4.39. The summed E-state index contributed by atoms with van der Waals surface area (Å²) < 4.78 is 0.0920. The Hall–Kier alpha value is -1.07. The van der Waals surface area contributed by atoms with Crippen LogP contribution in [0.4, 0.5) is 0 Å². The number of aromatic nitrogens is 1. The van der Waals surface area contributed by atoms with Crippen molar-refractivity contribution in [2.24, 2.45) is 0 Å². The van der Waals surface area contributed by atoms with E-state index in [2.05, 4.69) is 20.9 Å². The number of fused-ring (bicyclic) bond motifs is 1. The van der Waals surface area contributed by atoms with Crippen LogP contribution in [0.1, 0.15) is 13.8 Å². The fourth-order valence-corrected chi connectivity index (χ4v) is 2.90. The Morgan fingerprint density at radius 3 is 2.78 bits per heavy atom. The Kier molecular flexibility index (Phi) is 3.64. The Balaban J connectivity index is 2.51. The third-order valence-electron chi connectivity index (χ3n) is 2.54. The molecule has 0 aliphatic rings. The molecule has 2 aromatic rings. The molecule has 0 aliphatic carbocycles. The van der Waals surface area contributed by atoms with Crippen LogP contribution in [-0.2, 0) is 4.79 Å². The summed E-state index contributed by atoms with van der Waals surface area (Å²) in [5, 5.41) is 10.1. The van der Waals surface area contributed by atoms with E-state index >= 15 is 0 Å². The van der Waals surface area contributed by atoms with Crippen LogP contribution in [0.2, 0.25) is 0 Å². The van der Waals surface area contributed by atoms with E-state index in [1.165, 1.54) is 11.8 Å². The maximum absolute atomic E-state index is 11.2. The lowest BCUT2D eigenvalue weighted by atomic mass is 10.2. The second kappa shape index (κ2) is 4.90. The molecule has 0 aliphatic heterocycles. The molecule has 2 rings (SSSR count). The van der Waals surface area contributed by atoms with Crippen LogP contribution in [0, 0.1) is 0 Å². The highest BCUT2D eigenvalue weighted by Gasteiger charge is 2.29. The topological polar surface area (TPSA) is 50.2 Å². The molecule has 94 valence electrons. The molecule has 0 atom stereocenters. The molecule has 0 amide bonds. The lowest BCUT2D eigenvalue weighted by Gasteiger charge is -2.19. The standard InChI is InChI=1S/C13H12BrNO2S/c1-13(2,12(16)17)18-11-5-6-15-10-4-3-8(14)7-9(10)11/h3-7H,1-2H3,(H,16,17). The minimum absolute atomic E-state index is 0.826. The summed E-state index contributed by atoms with van der Waals surface area (Å²) in [6.45, 7) is 3.40. The molecule has 0 saturated carbocycles. The molecule has 18 heavy (non-hydrogen) atoms. The van der Waals surface area contributed by atoms with Gasteiger partial charge >= 0.3 is 5.97 Å². The van der Waals surface area contributed by atoms with Crippen LogP contribution in [0.25, 0.3) is 10.9 Å². The molecule has 0 unspecified atom stereocenters. The Morgan fingerprint density at radius 1 is 1.39 bits per heavy atom. The highest BCUT2D eigenvalue weighted by Crippen LogP contribution is 2.37. The van der Waals surface area contributed by atoms with Gasteiger partial charge in [-0.15, -0.1) is 11.8 Å². The monoisotopic (exact) mass is 325 g/mol. The van der Waals surface area contributed by atoms with Crippen molar-refractivity contribution in [2.75, 3.05) is 0 Å². The third kappa shape index (κ3) is 2.67. The molecule has 0 spiro atoms. The zero-order valence-electron chi connectivity index (χ0n) is 9.98. The number of aliphatic carboxylic acids is 1. The van der Waals surface area contributed by atoms with Gasteiger partial charge in [0.25, 0.3) is 0 Å². The fraction of sp³-hybridized carbons (Fsp3) is 0.231. The maximum atomic E-state index is 11.2. The average Bonchev–Trinajstić information content (AvgIpc) is 2.29. The number of nitrogens with zero attached hydrogens (tertiary/aromatic N) is 1. The van der Waals surface area contributed by atoms with Crippen molar-refractivity contribution in [3.63, 3.8) is 0 Å². The lowest BCUT2D eigenvalue weighted by Crippen LogP contribution is -2.26. The third-order valence-corrected chi connectivity index (χ3v) is 4.30. The van der Waals surface area contributed by atoms with Crippen LogP contribution in [-0.4, -0.2) is 20.8 Å². The Labute approximate surface area is 118 Å². The summed E-state index contributed by atoms with van der Waals surface area (Å²) >= 11 is 4.75. The van der Waals surface area contributed by atoms with Crippen LogP contribution in [0.5, 0.6) is 0 Å². The average molecular weight is 326 g/mol. The summed E-state index contributed by atoms with van der Waals surface area (Å²) in [6, 6.07) is 7.65. The zero-order valence-corrected chi connectivity index (χ0v) is 12.4. The van der Waals surface area contributed by atoms with Gasteiger partial charge < -0.3 is 5.11 Å². The minimum atomic E-state index is -0.864. The van der Waals surface area contributed by atoms with Crippen molar-refractivity contribution >= 4 is 44.6 Å². The number of rotatable bonds is 3. The number of hydrogen-bond donors (Lipinski definition) is 1. The highest BCUT2D eigenvalue weighted by atomic mass is 79.9. The van der Waals surface area contributed by atoms with E-state index in [9.17, 15) is 9.90 Å². The molecule has 0 bridgehead atoms. The van der Waals surface area contributed by atoms with Gasteiger partial charge in [-0.25, -0.2) is 0 Å². The van der Waals surface area contributed by atoms with Gasteiger partial charge in [0, 0.05) is 21.0 Å². The molecule has 1 aromatic heterocycles. The predicted octanol–water partition coefficient (Wildman–Crippen LogP) is 3.95. The Bertz CT molecular complexity index is 613. The molecule has 1 heterocycles. The molecule has 1 N–H and O–H groups in total. The molecule has 0 fully saturated rings.